The fourth-order valence-electron chi connectivity index (χ4n) is 2.69. The van der Waals surface area contributed by atoms with Gasteiger partial charge in [-0.3, -0.25) is 4.79 Å². The van der Waals surface area contributed by atoms with Crippen molar-refractivity contribution in [1.82, 2.24) is 10.5 Å². The van der Waals surface area contributed by atoms with E-state index < -0.39 is 0 Å². The molecule has 0 radical (unpaired) electrons. The number of nitrogens with one attached hydrogen (secondary N) is 1. The van der Waals surface area contributed by atoms with E-state index in [1.54, 1.807) is 31.4 Å². The molecule has 3 aromatic rings. The number of rotatable bonds is 5. The molecule has 5 heteroatoms. The van der Waals surface area contributed by atoms with Crippen molar-refractivity contribution in [2.45, 2.75) is 32.7 Å². The Hall–Kier alpha value is -3.08. The Morgan fingerprint density at radius 2 is 1.74 bits per heavy atom. The van der Waals surface area contributed by atoms with Crippen molar-refractivity contribution in [2.24, 2.45) is 0 Å². The molecular formula is C22H24N2O3. The molecule has 0 atom stereocenters. The number of aromatic nitrogens is 1. The fourth-order valence-corrected chi connectivity index (χ4v) is 2.69. The van der Waals surface area contributed by atoms with Gasteiger partial charge in [-0.25, -0.2) is 0 Å². The summed E-state index contributed by atoms with van der Waals surface area (Å²) in [5, 5.41) is 6.94. The van der Waals surface area contributed by atoms with Gasteiger partial charge in [0.1, 0.15) is 11.4 Å². The minimum Gasteiger partial charge on any atom is -0.497 e. The third-order valence-electron chi connectivity index (χ3n) is 4.38. The van der Waals surface area contributed by atoms with Gasteiger partial charge in [0, 0.05) is 17.2 Å². The third-order valence-corrected chi connectivity index (χ3v) is 4.38. The molecule has 0 saturated heterocycles. The second-order valence-corrected chi connectivity index (χ2v) is 7.42. The fraction of sp³-hybridized carbons (Fsp3) is 0.273. The lowest BCUT2D eigenvalue weighted by Crippen LogP contribution is -2.22. The minimum absolute atomic E-state index is 0.110. The summed E-state index contributed by atoms with van der Waals surface area (Å²) in [6.07, 6.45) is 0. The second kappa shape index (κ2) is 7.66. The normalized spacial score (nSPS) is 11.3. The molecular weight excluding hydrogens is 340 g/mol. The van der Waals surface area contributed by atoms with E-state index in [9.17, 15) is 4.79 Å². The number of hydrogen-bond acceptors (Lipinski definition) is 4. The Morgan fingerprint density at radius 1 is 1.07 bits per heavy atom. The van der Waals surface area contributed by atoms with E-state index in [0.29, 0.717) is 17.1 Å². The van der Waals surface area contributed by atoms with Crippen molar-refractivity contribution in [2.75, 3.05) is 7.11 Å². The molecule has 1 aromatic heterocycles. The molecule has 1 amide bonds. The summed E-state index contributed by atoms with van der Waals surface area (Å²) in [5.41, 5.74) is 3.68. The molecule has 0 bridgehead atoms. The SMILES string of the molecule is COc1ccc(C(=O)NCc2cc(-c3ccc(C(C)(C)C)cc3)no2)cc1. The van der Waals surface area contributed by atoms with Crippen LogP contribution in [-0.4, -0.2) is 18.2 Å². The summed E-state index contributed by atoms with van der Waals surface area (Å²) in [6.45, 7) is 6.82. The van der Waals surface area contributed by atoms with Crippen molar-refractivity contribution in [3.8, 4) is 17.0 Å². The maximum Gasteiger partial charge on any atom is 0.251 e. The smallest absolute Gasteiger partial charge is 0.251 e. The van der Waals surface area contributed by atoms with Gasteiger partial charge in [-0.15, -0.1) is 0 Å². The summed E-state index contributed by atoms with van der Waals surface area (Å²) in [5.74, 6) is 1.14. The molecule has 140 valence electrons. The molecule has 0 spiro atoms. The highest BCUT2D eigenvalue weighted by Gasteiger charge is 2.14. The van der Waals surface area contributed by atoms with Crippen LogP contribution in [0.25, 0.3) is 11.3 Å². The van der Waals surface area contributed by atoms with Crippen LogP contribution in [-0.2, 0) is 12.0 Å². The molecule has 3 rings (SSSR count). The van der Waals surface area contributed by atoms with E-state index in [2.05, 4.69) is 43.4 Å². The number of methoxy groups -OCH3 is 1. The first-order valence-electron chi connectivity index (χ1n) is 8.85. The van der Waals surface area contributed by atoms with Crippen LogP contribution in [0.3, 0.4) is 0 Å². The zero-order valence-electron chi connectivity index (χ0n) is 16.1. The van der Waals surface area contributed by atoms with Gasteiger partial charge in [0.2, 0.25) is 0 Å². The van der Waals surface area contributed by atoms with Crippen molar-refractivity contribution in [3.63, 3.8) is 0 Å². The Labute approximate surface area is 159 Å². The van der Waals surface area contributed by atoms with Crippen LogP contribution < -0.4 is 10.1 Å². The first kappa shape index (κ1) is 18.7. The van der Waals surface area contributed by atoms with E-state index in [-0.39, 0.29) is 17.9 Å². The van der Waals surface area contributed by atoms with Gasteiger partial charge in [-0.1, -0.05) is 50.2 Å². The lowest BCUT2D eigenvalue weighted by Gasteiger charge is -2.18. The average Bonchev–Trinajstić information content (AvgIpc) is 3.14. The van der Waals surface area contributed by atoms with Crippen LogP contribution in [0.15, 0.2) is 59.1 Å². The van der Waals surface area contributed by atoms with E-state index in [4.69, 9.17) is 9.26 Å². The van der Waals surface area contributed by atoms with Crippen molar-refractivity contribution >= 4 is 5.91 Å². The Bertz CT molecular complexity index is 904. The van der Waals surface area contributed by atoms with E-state index in [1.165, 1.54) is 5.56 Å². The standard InChI is InChI=1S/C22H24N2O3/c1-22(2,3)17-9-5-15(6-10-17)20-13-19(27-24-20)14-23-21(25)16-7-11-18(26-4)12-8-16/h5-13H,14H2,1-4H3,(H,23,25). The Morgan fingerprint density at radius 3 is 2.33 bits per heavy atom. The predicted octanol–water partition coefficient (Wildman–Crippen LogP) is 4.58. The quantitative estimate of drug-likeness (QED) is 0.720. The highest BCUT2D eigenvalue weighted by atomic mass is 16.5. The molecule has 27 heavy (non-hydrogen) atoms. The van der Waals surface area contributed by atoms with Crippen LogP contribution in [0, 0.1) is 0 Å². The zero-order chi connectivity index (χ0) is 19.4. The summed E-state index contributed by atoms with van der Waals surface area (Å²) >= 11 is 0. The van der Waals surface area contributed by atoms with E-state index in [0.717, 1.165) is 11.3 Å². The van der Waals surface area contributed by atoms with Gasteiger partial charge in [0.25, 0.3) is 5.91 Å². The van der Waals surface area contributed by atoms with Crippen LogP contribution >= 0.6 is 0 Å². The van der Waals surface area contributed by atoms with Gasteiger partial charge in [0.05, 0.1) is 13.7 Å². The number of carbonyl (C=O) groups is 1. The van der Waals surface area contributed by atoms with Crippen molar-refractivity contribution in [1.29, 1.82) is 0 Å². The summed E-state index contributed by atoms with van der Waals surface area (Å²) in [7, 11) is 1.59. The first-order chi connectivity index (χ1) is 12.9. The zero-order valence-corrected chi connectivity index (χ0v) is 16.1. The molecule has 0 aliphatic carbocycles. The molecule has 0 unspecified atom stereocenters. The van der Waals surface area contributed by atoms with Gasteiger partial charge in [-0.05, 0) is 35.2 Å². The predicted molar refractivity (Wildman–Crippen MR) is 105 cm³/mol. The van der Waals surface area contributed by atoms with Crippen molar-refractivity contribution in [3.05, 3.63) is 71.5 Å². The average molecular weight is 364 g/mol. The first-order valence-corrected chi connectivity index (χ1v) is 8.85. The maximum absolute atomic E-state index is 12.2. The summed E-state index contributed by atoms with van der Waals surface area (Å²) in [6, 6.07) is 17.1. The number of nitrogens with zero attached hydrogens (tertiary/aromatic N) is 1. The van der Waals surface area contributed by atoms with Crippen LogP contribution in [0.5, 0.6) is 5.75 Å². The van der Waals surface area contributed by atoms with Crippen LogP contribution in [0.4, 0.5) is 0 Å². The number of ether oxygens (including phenoxy) is 1. The van der Waals surface area contributed by atoms with Gasteiger partial charge >= 0.3 is 0 Å². The molecule has 0 saturated carbocycles. The number of carbonyl (C=O) groups excluding carboxylic acids is 1. The Balaban J connectivity index is 1.63. The lowest BCUT2D eigenvalue weighted by molar-refractivity contribution is 0.0947. The number of hydrogen-bond donors (Lipinski definition) is 1. The van der Waals surface area contributed by atoms with Gasteiger partial charge in [-0.2, -0.15) is 0 Å². The number of benzene rings is 2. The molecule has 1 heterocycles. The van der Waals surface area contributed by atoms with E-state index >= 15 is 0 Å². The molecule has 0 aliphatic heterocycles. The monoisotopic (exact) mass is 364 g/mol. The lowest BCUT2D eigenvalue weighted by atomic mass is 9.86. The third kappa shape index (κ3) is 4.56. The molecule has 0 fully saturated rings. The highest BCUT2D eigenvalue weighted by Crippen LogP contribution is 2.26. The molecule has 0 aliphatic rings. The van der Waals surface area contributed by atoms with E-state index in [1.807, 2.05) is 18.2 Å². The molecule has 2 aromatic carbocycles. The maximum atomic E-state index is 12.2. The minimum atomic E-state index is -0.176. The highest BCUT2D eigenvalue weighted by molar-refractivity contribution is 5.94. The second-order valence-electron chi connectivity index (χ2n) is 7.42. The largest absolute Gasteiger partial charge is 0.497 e. The van der Waals surface area contributed by atoms with Crippen LogP contribution in [0.2, 0.25) is 0 Å². The van der Waals surface area contributed by atoms with Crippen LogP contribution in [0.1, 0.15) is 42.5 Å². The van der Waals surface area contributed by atoms with Gasteiger partial charge in [0.15, 0.2) is 5.76 Å². The number of amides is 1. The Kier molecular flexibility index (Phi) is 5.31. The topological polar surface area (TPSA) is 64.4 Å². The van der Waals surface area contributed by atoms with Gasteiger partial charge < -0.3 is 14.6 Å². The molecule has 1 N–H and O–H groups in total. The van der Waals surface area contributed by atoms with Crippen molar-refractivity contribution < 1.29 is 14.1 Å². The molecule has 5 nitrogen and oxygen atoms in total. The summed E-state index contributed by atoms with van der Waals surface area (Å²) in [4.78, 5) is 12.2. The summed E-state index contributed by atoms with van der Waals surface area (Å²) < 4.78 is 10.4.